The second kappa shape index (κ2) is 15.2. The molecule has 7 nitrogen and oxygen atoms in total. The number of anilines is 1. The second-order valence-corrected chi connectivity index (χ2v) is 14.3. The Morgan fingerprint density at radius 1 is 0.739 bits per heavy atom. The fraction of sp³-hybridized carbons (Fsp3) is 0.316. The number of carbonyl (C=O) groups excluding carboxylic acids is 2. The SMILES string of the molecule is Cc1ccc(CN(C(=O)CN(c2ccc(C)c(C)c2)S(=O)(=O)c2ccc(C)cc2)C(Cc2ccccc2)C(=O)NCC(C)C)cc1. The maximum absolute atomic E-state index is 14.6. The van der Waals surface area contributed by atoms with E-state index in [1.54, 1.807) is 36.4 Å². The molecule has 2 amide bonds. The summed E-state index contributed by atoms with van der Waals surface area (Å²) in [6, 6.07) is 28.5. The third-order valence-electron chi connectivity index (χ3n) is 8.10. The molecule has 4 aromatic rings. The highest BCUT2D eigenvalue weighted by Crippen LogP contribution is 2.27. The summed E-state index contributed by atoms with van der Waals surface area (Å²) >= 11 is 0. The van der Waals surface area contributed by atoms with Crippen molar-refractivity contribution in [2.75, 3.05) is 17.4 Å². The first-order chi connectivity index (χ1) is 21.8. The van der Waals surface area contributed by atoms with E-state index >= 15 is 0 Å². The van der Waals surface area contributed by atoms with Gasteiger partial charge in [-0.2, -0.15) is 0 Å². The number of nitrogens with one attached hydrogen (secondary N) is 1. The first kappa shape index (κ1) is 34.4. The highest BCUT2D eigenvalue weighted by Gasteiger charge is 2.34. The lowest BCUT2D eigenvalue weighted by Gasteiger charge is -2.34. The summed E-state index contributed by atoms with van der Waals surface area (Å²) in [4.78, 5) is 30.1. The van der Waals surface area contributed by atoms with Crippen LogP contribution < -0.4 is 9.62 Å². The second-order valence-electron chi connectivity index (χ2n) is 12.4. The van der Waals surface area contributed by atoms with Crippen molar-refractivity contribution in [3.05, 3.63) is 130 Å². The van der Waals surface area contributed by atoms with Crippen LogP contribution in [0.15, 0.2) is 102 Å². The molecule has 0 radical (unpaired) electrons. The van der Waals surface area contributed by atoms with Crippen molar-refractivity contribution in [3.63, 3.8) is 0 Å². The maximum Gasteiger partial charge on any atom is 0.264 e. The van der Waals surface area contributed by atoms with E-state index in [0.29, 0.717) is 12.2 Å². The Labute approximate surface area is 274 Å². The van der Waals surface area contributed by atoms with Crippen LogP contribution in [0.1, 0.15) is 47.2 Å². The molecule has 0 aliphatic heterocycles. The third kappa shape index (κ3) is 8.85. The average Bonchev–Trinajstić information content (AvgIpc) is 3.03. The summed E-state index contributed by atoms with van der Waals surface area (Å²) < 4.78 is 29.7. The van der Waals surface area contributed by atoms with Crippen LogP contribution in [0.2, 0.25) is 0 Å². The van der Waals surface area contributed by atoms with Crippen molar-refractivity contribution in [1.82, 2.24) is 10.2 Å². The molecule has 0 spiro atoms. The number of amides is 2. The van der Waals surface area contributed by atoms with Crippen molar-refractivity contribution in [2.45, 2.75) is 65.4 Å². The summed E-state index contributed by atoms with van der Waals surface area (Å²) in [6.07, 6.45) is 0.275. The predicted molar refractivity (Wildman–Crippen MR) is 185 cm³/mol. The molecule has 0 bridgehead atoms. The van der Waals surface area contributed by atoms with Crippen molar-refractivity contribution in [1.29, 1.82) is 0 Å². The minimum atomic E-state index is -4.15. The van der Waals surface area contributed by atoms with Gasteiger partial charge in [-0.25, -0.2) is 8.42 Å². The molecule has 4 aromatic carbocycles. The van der Waals surface area contributed by atoms with E-state index in [-0.39, 0.29) is 29.7 Å². The molecule has 0 saturated carbocycles. The third-order valence-corrected chi connectivity index (χ3v) is 9.88. The Morgan fingerprint density at radius 3 is 1.93 bits per heavy atom. The van der Waals surface area contributed by atoms with Gasteiger partial charge < -0.3 is 10.2 Å². The molecule has 0 aliphatic carbocycles. The van der Waals surface area contributed by atoms with Crippen LogP contribution in [-0.2, 0) is 32.6 Å². The van der Waals surface area contributed by atoms with Crippen LogP contribution >= 0.6 is 0 Å². The smallest absolute Gasteiger partial charge is 0.264 e. The summed E-state index contributed by atoms with van der Waals surface area (Å²) in [5.41, 5.74) is 6.03. The van der Waals surface area contributed by atoms with Gasteiger partial charge in [-0.05, 0) is 80.1 Å². The minimum absolute atomic E-state index is 0.0877. The van der Waals surface area contributed by atoms with Crippen LogP contribution in [0.3, 0.4) is 0 Å². The number of hydrogen-bond acceptors (Lipinski definition) is 4. The van der Waals surface area contributed by atoms with Gasteiger partial charge in [0.1, 0.15) is 12.6 Å². The van der Waals surface area contributed by atoms with E-state index in [2.05, 4.69) is 5.32 Å². The quantitative estimate of drug-likeness (QED) is 0.180. The number of rotatable bonds is 13. The van der Waals surface area contributed by atoms with Crippen molar-refractivity contribution < 1.29 is 18.0 Å². The van der Waals surface area contributed by atoms with Gasteiger partial charge in [0.15, 0.2) is 0 Å². The molecule has 1 atom stereocenters. The summed E-state index contributed by atoms with van der Waals surface area (Å²) in [6.45, 7) is 11.9. The van der Waals surface area contributed by atoms with Gasteiger partial charge in [-0.1, -0.05) is 97.8 Å². The predicted octanol–water partition coefficient (Wildman–Crippen LogP) is 6.53. The van der Waals surface area contributed by atoms with Crippen molar-refractivity contribution in [3.8, 4) is 0 Å². The number of sulfonamides is 1. The molecule has 46 heavy (non-hydrogen) atoms. The maximum atomic E-state index is 14.6. The average molecular weight is 640 g/mol. The van der Waals surface area contributed by atoms with E-state index in [1.165, 1.54) is 9.21 Å². The fourth-order valence-corrected chi connectivity index (χ4v) is 6.52. The lowest BCUT2D eigenvalue weighted by molar-refractivity contribution is -0.140. The van der Waals surface area contributed by atoms with E-state index in [0.717, 1.165) is 33.4 Å². The molecular formula is C38H45N3O4S. The Balaban J connectivity index is 1.81. The van der Waals surface area contributed by atoms with Gasteiger partial charge in [0.25, 0.3) is 10.0 Å². The Kier molecular flexibility index (Phi) is 11.4. The molecule has 0 heterocycles. The molecule has 0 fully saturated rings. The molecule has 4 rings (SSSR count). The highest BCUT2D eigenvalue weighted by atomic mass is 32.2. The van der Waals surface area contributed by atoms with Gasteiger partial charge in [0.05, 0.1) is 10.6 Å². The number of carbonyl (C=O) groups is 2. The largest absolute Gasteiger partial charge is 0.354 e. The summed E-state index contributed by atoms with van der Waals surface area (Å²) in [5, 5.41) is 3.03. The molecule has 0 aromatic heterocycles. The van der Waals surface area contributed by atoms with Gasteiger partial charge in [0.2, 0.25) is 11.8 Å². The first-order valence-corrected chi connectivity index (χ1v) is 17.1. The molecule has 0 saturated heterocycles. The van der Waals surface area contributed by atoms with E-state index in [4.69, 9.17) is 0 Å². The molecule has 1 unspecified atom stereocenters. The zero-order valence-electron chi connectivity index (χ0n) is 27.7. The molecule has 0 aliphatic rings. The molecule has 1 N–H and O–H groups in total. The van der Waals surface area contributed by atoms with Crippen LogP contribution in [0, 0.1) is 33.6 Å². The topological polar surface area (TPSA) is 86.8 Å². The minimum Gasteiger partial charge on any atom is -0.354 e. The van der Waals surface area contributed by atoms with E-state index in [1.807, 2.05) is 102 Å². The fourth-order valence-electron chi connectivity index (χ4n) is 5.11. The molecule has 242 valence electrons. The molecular weight excluding hydrogens is 595 g/mol. The number of aryl methyl sites for hydroxylation is 4. The van der Waals surface area contributed by atoms with Gasteiger partial charge in [0, 0.05) is 19.5 Å². The Bertz CT molecular complexity index is 1740. The van der Waals surface area contributed by atoms with Crippen LogP contribution in [-0.4, -0.2) is 44.3 Å². The van der Waals surface area contributed by atoms with E-state index < -0.39 is 28.5 Å². The first-order valence-electron chi connectivity index (χ1n) is 15.7. The zero-order chi connectivity index (χ0) is 33.4. The van der Waals surface area contributed by atoms with Gasteiger partial charge in [-0.3, -0.25) is 13.9 Å². The summed E-state index contributed by atoms with van der Waals surface area (Å²) in [5.74, 6) is -0.547. The summed E-state index contributed by atoms with van der Waals surface area (Å²) in [7, 11) is -4.15. The standard InChI is InChI=1S/C38H45N3O4S/c1-27(2)24-39-38(43)36(23-32-10-8-7-9-11-32)40(25-33-17-12-28(3)13-18-33)37(42)26-41(34-19-16-30(5)31(6)22-34)46(44,45)35-20-14-29(4)15-21-35/h7-22,27,36H,23-26H2,1-6H3,(H,39,43). The molecule has 8 heteroatoms. The van der Waals surface area contributed by atoms with Crippen LogP contribution in [0.5, 0.6) is 0 Å². The Hall–Kier alpha value is -4.43. The Morgan fingerprint density at radius 2 is 1.35 bits per heavy atom. The number of hydrogen-bond donors (Lipinski definition) is 1. The van der Waals surface area contributed by atoms with Crippen LogP contribution in [0.25, 0.3) is 0 Å². The van der Waals surface area contributed by atoms with Crippen LogP contribution in [0.4, 0.5) is 5.69 Å². The van der Waals surface area contributed by atoms with E-state index in [9.17, 15) is 18.0 Å². The zero-order valence-corrected chi connectivity index (χ0v) is 28.5. The number of nitrogens with zero attached hydrogens (tertiary/aromatic N) is 2. The van der Waals surface area contributed by atoms with Crippen molar-refractivity contribution >= 4 is 27.5 Å². The lowest BCUT2D eigenvalue weighted by atomic mass is 10.0. The monoisotopic (exact) mass is 639 g/mol. The normalized spacial score (nSPS) is 12.1. The lowest BCUT2D eigenvalue weighted by Crippen LogP contribution is -2.53. The van der Waals surface area contributed by atoms with Gasteiger partial charge >= 0.3 is 0 Å². The number of benzene rings is 4. The van der Waals surface area contributed by atoms with Gasteiger partial charge in [-0.15, -0.1) is 0 Å². The van der Waals surface area contributed by atoms with Crippen molar-refractivity contribution in [2.24, 2.45) is 5.92 Å². The highest BCUT2D eigenvalue weighted by molar-refractivity contribution is 7.92.